The number of amides is 1. The van der Waals surface area contributed by atoms with E-state index >= 15 is 0 Å². The van der Waals surface area contributed by atoms with E-state index in [0.717, 1.165) is 0 Å². The van der Waals surface area contributed by atoms with Crippen LogP contribution in [0.15, 0.2) is 29.2 Å². The van der Waals surface area contributed by atoms with Crippen molar-refractivity contribution in [3.05, 3.63) is 29.8 Å². The van der Waals surface area contributed by atoms with E-state index in [2.05, 4.69) is 0 Å². The summed E-state index contributed by atoms with van der Waals surface area (Å²) in [4.78, 5) is 11.5. The molecule has 5 nitrogen and oxygen atoms in total. The summed E-state index contributed by atoms with van der Waals surface area (Å²) >= 11 is 0. The zero-order valence-electron chi connectivity index (χ0n) is 11.0. The van der Waals surface area contributed by atoms with Gasteiger partial charge in [-0.05, 0) is 12.1 Å². The van der Waals surface area contributed by atoms with Gasteiger partial charge >= 0.3 is 6.18 Å². The van der Waals surface area contributed by atoms with Gasteiger partial charge in [0.25, 0.3) is 5.91 Å². The maximum Gasteiger partial charge on any atom is 0.416 e. The smallest absolute Gasteiger partial charge is 0.382 e. The summed E-state index contributed by atoms with van der Waals surface area (Å²) in [5.74, 6) is -1.24. The first kappa shape index (κ1) is 17.4. The highest BCUT2D eigenvalue weighted by molar-refractivity contribution is 7.91. The normalized spacial score (nSPS) is 13.8. The molecule has 0 spiro atoms. The lowest BCUT2D eigenvalue weighted by Gasteiger charge is -2.15. The summed E-state index contributed by atoms with van der Waals surface area (Å²) in [6, 6.07) is 5.19. The second-order valence-electron chi connectivity index (χ2n) is 4.17. The largest absolute Gasteiger partial charge is 0.416 e. The molecule has 1 atom stereocenters. The fraction of sp³-hybridized carbons (Fsp3) is 0.417. The van der Waals surface area contributed by atoms with E-state index in [1.54, 1.807) is 0 Å². The van der Waals surface area contributed by atoms with Crippen LogP contribution in [-0.2, 0) is 9.84 Å². The van der Waals surface area contributed by atoms with E-state index in [-0.39, 0.29) is 16.2 Å². The third-order valence-corrected chi connectivity index (χ3v) is 4.47. The molecule has 0 aliphatic heterocycles. The number of benzene rings is 1. The molecule has 0 radical (unpaired) electrons. The minimum absolute atomic E-state index is 0.248. The highest BCUT2D eigenvalue weighted by Crippen LogP contribution is 2.20. The number of nitrogens with one attached hydrogen (secondary N) is 1. The van der Waals surface area contributed by atoms with Crippen LogP contribution in [0.2, 0.25) is 0 Å². The number of aliphatic hydroxyl groups excluding tert-OH is 1. The van der Waals surface area contributed by atoms with Crippen LogP contribution in [0, 0.1) is 0 Å². The van der Waals surface area contributed by atoms with Gasteiger partial charge in [0.15, 0.2) is 15.9 Å². The predicted molar refractivity (Wildman–Crippen MR) is 68.6 cm³/mol. The molecule has 0 saturated carbocycles. The van der Waals surface area contributed by atoms with Crippen LogP contribution in [0.5, 0.6) is 0 Å². The molecule has 118 valence electrons. The van der Waals surface area contributed by atoms with Gasteiger partial charge in [0, 0.05) is 0 Å². The van der Waals surface area contributed by atoms with E-state index in [1.807, 2.05) is 5.32 Å². The van der Waals surface area contributed by atoms with Gasteiger partial charge in [-0.25, -0.2) is 8.42 Å². The van der Waals surface area contributed by atoms with Crippen molar-refractivity contribution in [3.63, 3.8) is 0 Å². The van der Waals surface area contributed by atoms with Crippen LogP contribution in [0.1, 0.15) is 17.3 Å². The molecular weight excluding hydrogens is 311 g/mol. The molecule has 1 unspecified atom stereocenters. The van der Waals surface area contributed by atoms with Gasteiger partial charge in [-0.15, -0.1) is 0 Å². The minimum Gasteiger partial charge on any atom is -0.382 e. The first-order chi connectivity index (χ1) is 9.59. The number of rotatable bonds is 5. The van der Waals surface area contributed by atoms with E-state index in [9.17, 15) is 26.4 Å². The van der Waals surface area contributed by atoms with Gasteiger partial charge in [-0.1, -0.05) is 19.1 Å². The van der Waals surface area contributed by atoms with Crippen molar-refractivity contribution in [1.82, 2.24) is 5.32 Å². The predicted octanol–water partition coefficient (Wildman–Crippen LogP) is 1.13. The monoisotopic (exact) mass is 325 g/mol. The zero-order chi connectivity index (χ0) is 16.3. The average molecular weight is 325 g/mol. The Morgan fingerprint density at radius 2 is 1.90 bits per heavy atom. The number of halogens is 3. The lowest BCUT2D eigenvalue weighted by atomic mass is 10.2. The Balaban J connectivity index is 2.95. The molecule has 1 amide bonds. The van der Waals surface area contributed by atoms with Gasteiger partial charge in [0.05, 0.1) is 22.8 Å². The Morgan fingerprint density at radius 1 is 1.33 bits per heavy atom. The van der Waals surface area contributed by atoms with E-state index in [4.69, 9.17) is 5.11 Å². The highest BCUT2D eigenvalue weighted by atomic mass is 32.2. The molecule has 1 aromatic carbocycles. The zero-order valence-corrected chi connectivity index (χ0v) is 11.8. The second kappa shape index (κ2) is 6.44. The molecule has 1 aromatic rings. The first-order valence-corrected chi connectivity index (χ1v) is 7.59. The van der Waals surface area contributed by atoms with Crippen LogP contribution in [0.25, 0.3) is 0 Å². The van der Waals surface area contributed by atoms with E-state index < -0.39 is 34.6 Å². The number of sulfone groups is 1. The average Bonchev–Trinajstić information content (AvgIpc) is 2.43. The van der Waals surface area contributed by atoms with Gasteiger partial charge in [-0.2, -0.15) is 13.2 Å². The number of aliphatic hydroxyl groups is 1. The van der Waals surface area contributed by atoms with Crippen molar-refractivity contribution >= 4 is 15.7 Å². The Labute approximate surface area is 119 Å². The Bertz CT molecular complexity index is 613. The van der Waals surface area contributed by atoms with Crippen LogP contribution in [0.4, 0.5) is 13.2 Å². The van der Waals surface area contributed by atoms with Crippen molar-refractivity contribution < 1.29 is 31.5 Å². The van der Waals surface area contributed by atoms with Gasteiger partial charge < -0.3 is 10.4 Å². The van der Waals surface area contributed by atoms with Crippen molar-refractivity contribution in [1.29, 1.82) is 0 Å². The Morgan fingerprint density at radius 3 is 2.43 bits per heavy atom. The van der Waals surface area contributed by atoms with Crippen molar-refractivity contribution in [3.8, 4) is 0 Å². The Hall–Kier alpha value is -1.61. The molecule has 21 heavy (non-hydrogen) atoms. The number of carbonyl (C=O) groups is 1. The lowest BCUT2D eigenvalue weighted by molar-refractivity contribution is -0.201. The molecule has 0 saturated heterocycles. The van der Waals surface area contributed by atoms with Crippen LogP contribution < -0.4 is 5.32 Å². The SMILES string of the molecule is CCS(=O)(=O)c1ccccc1C(=O)NCC(O)C(F)(F)F. The molecule has 0 fully saturated rings. The molecule has 9 heteroatoms. The lowest BCUT2D eigenvalue weighted by Crippen LogP contribution is -2.41. The Kier molecular flexibility index (Phi) is 5.35. The molecule has 1 rings (SSSR count). The number of carbonyl (C=O) groups excluding carboxylic acids is 1. The molecular formula is C12H14F3NO4S. The third kappa shape index (κ3) is 4.43. The summed E-state index contributed by atoms with van der Waals surface area (Å²) in [5.41, 5.74) is -0.256. The van der Waals surface area contributed by atoms with E-state index in [1.165, 1.54) is 31.2 Å². The fourth-order valence-electron chi connectivity index (χ4n) is 1.48. The maximum atomic E-state index is 12.1. The molecule has 2 N–H and O–H groups in total. The van der Waals surface area contributed by atoms with Crippen LogP contribution in [0.3, 0.4) is 0 Å². The minimum atomic E-state index is -4.86. The summed E-state index contributed by atoms with van der Waals surface area (Å²) in [5, 5.41) is 10.7. The van der Waals surface area contributed by atoms with Gasteiger partial charge in [0.2, 0.25) is 0 Å². The second-order valence-corrected chi connectivity index (χ2v) is 6.41. The molecule has 0 aliphatic carbocycles. The summed E-state index contributed by atoms with van der Waals surface area (Å²) in [7, 11) is -3.69. The van der Waals surface area contributed by atoms with E-state index in [0.29, 0.717) is 0 Å². The van der Waals surface area contributed by atoms with Crippen molar-refractivity contribution in [2.45, 2.75) is 24.1 Å². The molecule has 0 heterocycles. The van der Waals surface area contributed by atoms with Crippen molar-refractivity contribution in [2.75, 3.05) is 12.3 Å². The quantitative estimate of drug-likeness (QED) is 0.850. The fourth-order valence-corrected chi connectivity index (χ4v) is 2.57. The van der Waals surface area contributed by atoms with Crippen LogP contribution >= 0.6 is 0 Å². The third-order valence-electron chi connectivity index (χ3n) is 2.68. The summed E-state index contributed by atoms with van der Waals surface area (Å²) in [6.45, 7) is 0.334. The first-order valence-electron chi connectivity index (χ1n) is 5.94. The van der Waals surface area contributed by atoms with Crippen molar-refractivity contribution in [2.24, 2.45) is 0 Å². The highest BCUT2D eigenvalue weighted by Gasteiger charge is 2.38. The van der Waals surface area contributed by atoms with Gasteiger partial charge in [-0.3, -0.25) is 4.79 Å². The standard InChI is InChI=1S/C12H14F3NO4S/c1-2-21(19,20)9-6-4-3-5-8(9)11(18)16-7-10(17)12(13,14)15/h3-6,10,17H,2,7H2,1H3,(H,16,18). The molecule has 0 aromatic heterocycles. The molecule has 0 bridgehead atoms. The molecule has 0 aliphatic rings. The summed E-state index contributed by atoms with van der Waals surface area (Å²) in [6.07, 6.45) is -7.57. The number of hydrogen-bond donors (Lipinski definition) is 2. The topological polar surface area (TPSA) is 83.5 Å². The number of hydrogen-bond acceptors (Lipinski definition) is 4. The number of alkyl halides is 3. The summed E-state index contributed by atoms with van der Waals surface area (Å²) < 4.78 is 60.0. The van der Waals surface area contributed by atoms with Gasteiger partial charge in [0.1, 0.15) is 0 Å². The maximum absolute atomic E-state index is 12.1. The van der Waals surface area contributed by atoms with Crippen LogP contribution in [-0.4, -0.2) is 44.0 Å².